The van der Waals surface area contributed by atoms with Crippen LogP contribution in [0.25, 0.3) is 0 Å². The zero-order valence-corrected chi connectivity index (χ0v) is 18.7. The van der Waals surface area contributed by atoms with E-state index in [0.717, 1.165) is 30.0 Å². The first-order valence-corrected chi connectivity index (χ1v) is 10.1. The van der Waals surface area contributed by atoms with Crippen LogP contribution in [-0.2, 0) is 0 Å². The summed E-state index contributed by atoms with van der Waals surface area (Å²) in [5.74, 6) is 2.82. The van der Waals surface area contributed by atoms with E-state index in [9.17, 15) is 4.79 Å². The van der Waals surface area contributed by atoms with Gasteiger partial charge in [0.25, 0.3) is 5.91 Å². The van der Waals surface area contributed by atoms with Gasteiger partial charge in [-0.3, -0.25) is 4.79 Å². The monoisotopic (exact) mass is 430 g/mol. The Labute approximate surface area is 183 Å². The first-order chi connectivity index (χ1) is 15.0. The molecule has 3 rings (SSSR count). The number of hydrogen-bond donors (Lipinski definition) is 1. The number of carbonyl (C=O) groups excluding carboxylic acids is 1. The highest BCUT2D eigenvalue weighted by molar-refractivity contribution is 5.95. The molecule has 0 aliphatic carbocycles. The fraction of sp³-hybridized carbons (Fsp3) is 0.435. The zero-order valence-electron chi connectivity index (χ0n) is 18.7. The summed E-state index contributed by atoms with van der Waals surface area (Å²) in [7, 11) is 7.88. The highest BCUT2D eigenvalue weighted by atomic mass is 16.5. The molecule has 1 aliphatic heterocycles. The van der Waals surface area contributed by atoms with Gasteiger partial charge >= 0.3 is 0 Å². The number of carbonyl (C=O) groups is 1. The third-order valence-corrected chi connectivity index (χ3v) is 5.46. The minimum atomic E-state index is -0.0558. The smallest absolute Gasteiger partial charge is 0.254 e. The summed E-state index contributed by atoms with van der Waals surface area (Å²) in [5.41, 5.74) is 1.43. The predicted molar refractivity (Wildman–Crippen MR) is 118 cm³/mol. The molecular formula is C23H30N2O6. The number of methoxy groups -OCH3 is 5. The van der Waals surface area contributed by atoms with Crippen molar-refractivity contribution in [1.82, 2.24) is 4.90 Å². The Kier molecular flexibility index (Phi) is 7.33. The molecular weight excluding hydrogens is 400 g/mol. The standard InChI is InChI=1S/C23H30N2O6/c1-27-17-6-7-18(19(14-17)28-2)24-16-8-10-25(11-9-16)23(26)15-12-20(29-3)22(31-5)21(13-15)30-4/h6-7,12-14,16,24H,8-11H2,1-5H3. The van der Waals surface area contributed by atoms with Crippen LogP contribution in [-0.4, -0.2) is 65.5 Å². The summed E-state index contributed by atoms with van der Waals surface area (Å²) in [6.07, 6.45) is 1.65. The molecule has 0 saturated carbocycles. The van der Waals surface area contributed by atoms with Crippen LogP contribution < -0.4 is 29.0 Å². The van der Waals surface area contributed by atoms with E-state index in [0.29, 0.717) is 35.9 Å². The normalized spacial score (nSPS) is 14.0. The van der Waals surface area contributed by atoms with E-state index in [2.05, 4.69) is 5.32 Å². The Morgan fingerprint density at radius 1 is 0.839 bits per heavy atom. The van der Waals surface area contributed by atoms with Gasteiger partial charge in [0, 0.05) is 30.8 Å². The molecule has 1 amide bonds. The lowest BCUT2D eigenvalue weighted by atomic mass is 10.0. The van der Waals surface area contributed by atoms with E-state index < -0.39 is 0 Å². The lowest BCUT2D eigenvalue weighted by molar-refractivity contribution is 0.0717. The number of benzene rings is 2. The first-order valence-electron chi connectivity index (χ1n) is 10.1. The summed E-state index contributed by atoms with van der Waals surface area (Å²) in [4.78, 5) is 14.9. The molecule has 0 spiro atoms. The molecule has 0 atom stereocenters. The van der Waals surface area contributed by atoms with Crippen molar-refractivity contribution < 1.29 is 28.5 Å². The van der Waals surface area contributed by atoms with Gasteiger partial charge in [0.05, 0.1) is 41.2 Å². The third kappa shape index (κ3) is 4.90. The Balaban J connectivity index is 1.67. The number of likely N-dealkylation sites (tertiary alicyclic amines) is 1. The summed E-state index contributed by atoms with van der Waals surface area (Å²) < 4.78 is 26.8. The molecule has 1 heterocycles. The number of rotatable bonds is 8. The van der Waals surface area contributed by atoms with Crippen molar-refractivity contribution in [3.63, 3.8) is 0 Å². The van der Waals surface area contributed by atoms with Crippen molar-refractivity contribution >= 4 is 11.6 Å². The van der Waals surface area contributed by atoms with Gasteiger partial charge in [-0.05, 0) is 37.1 Å². The molecule has 0 unspecified atom stereocenters. The average Bonchev–Trinajstić information content (AvgIpc) is 2.83. The maximum Gasteiger partial charge on any atom is 0.254 e. The van der Waals surface area contributed by atoms with Crippen LogP contribution in [0.5, 0.6) is 28.7 Å². The highest BCUT2D eigenvalue weighted by Crippen LogP contribution is 2.38. The number of nitrogens with zero attached hydrogens (tertiary/aromatic N) is 1. The predicted octanol–water partition coefficient (Wildman–Crippen LogP) is 3.45. The van der Waals surface area contributed by atoms with E-state index in [1.165, 1.54) is 21.3 Å². The third-order valence-electron chi connectivity index (χ3n) is 5.46. The van der Waals surface area contributed by atoms with Crippen LogP contribution in [0.1, 0.15) is 23.2 Å². The molecule has 8 heteroatoms. The van der Waals surface area contributed by atoms with Gasteiger partial charge in [-0.25, -0.2) is 0 Å². The van der Waals surface area contributed by atoms with Crippen LogP contribution >= 0.6 is 0 Å². The van der Waals surface area contributed by atoms with Gasteiger partial charge < -0.3 is 33.9 Å². The van der Waals surface area contributed by atoms with Crippen molar-refractivity contribution in [3.8, 4) is 28.7 Å². The molecule has 0 radical (unpaired) electrons. The number of anilines is 1. The van der Waals surface area contributed by atoms with Gasteiger partial charge in [-0.1, -0.05) is 0 Å². The number of amides is 1. The SMILES string of the molecule is COc1ccc(NC2CCN(C(=O)c3cc(OC)c(OC)c(OC)c3)CC2)c(OC)c1. The first kappa shape index (κ1) is 22.4. The Bertz CT molecular complexity index is 884. The summed E-state index contributed by atoms with van der Waals surface area (Å²) >= 11 is 0. The molecule has 1 saturated heterocycles. The van der Waals surface area contributed by atoms with E-state index >= 15 is 0 Å². The van der Waals surface area contributed by atoms with Gasteiger partial charge in [-0.15, -0.1) is 0 Å². The molecule has 2 aromatic carbocycles. The summed E-state index contributed by atoms with van der Waals surface area (Å²) in [5, 5.41) is 3.53. The van der Waals surface area contributed by atoms with Crippen LogP contribution in [0.2, 0.25) is 0 Å². The molecule has 0 bridgehead atoms. The maximum absolute atomic E-state index is 13.1. The topological polar surface area (TPSA) is 78.5 Å². The maximum atomic E-state index is 13.1. The largest absolute Gasteiger partial charge is 0.497 e. The summed E-state index contributed by atoms with van der Waals surface area (Å²) in [6.45, 7) is 1.29. The van der Waals surface area contributed by atoms with Gasteiger partial charge in [0.1, 0.15) is 11.5 Å². The lowest BCUT2D eigenvalue weighted by Crippen LogP contribution is -2.42. The quantitative estimate of drug-likeness (QED) is 0.687. The van der Waals surface area contributed by atoms with Crippen LogP contribution in [0.15, 0.2) is 30.3 Å². The second-order valence-corrected chi connectivity index (χ2v) is 7.19. The van der Waals surface area contributed by atoms with Gasteiger partial charge in [-0.2, -0.15) is 0 Å². The van der Waals surface area contributed by atoms with Crippen LogP contribution in [0, 0.1) is 0 Å². The molecule has 2 aromatic rings. The molecule has 1 aliphatic rings. The molecule has 168 valence electrons. The Morgan fingerprint density at radius 2 is 1.45 bits per heavy atom. The van der Waals surface area contributed by atoms with Crippen molar-refractivity contribution in [3.05, 3.63) is 35.9 Å². The van der Waals surface area contributed by atoms with E-state index in [-0.39, 0.29) is 11.9 Å². The highest BCUT2D eigenvalue weighted by Gasteiger charge is 2.26. The minimum absolute atomic E-state index is 0.0558. The van der Waals surface area contributed by atoms with Gasteiger partial charge in [0.15, 0.2) is 11.5 Å². The Morgan fingerprint density at radius 3 is 1.97 bits per heavy atom. The number of piperidine rings is 1. The van der Waals surface area contributed by atoms with E-state index in [1.807, 2.05) is 23.1 Å². The van der Waals surface area contributed by atoms with Crippen LogP contribution in [0.3, 0.4) is 0 Å². The minimum Gasteiger partial charge on any atom is -0.497 e. The van der Waals surface area contributed by atoms with E-state index in [4.69, 9.17) is 23.7 Å². The van der Waals surface area contributed by atoms with Crippen LogP contribution in [0.4, 0.5) is 5.69 Å². The van der Waals surface area contributed by atoms with E-state index in [1.54, 1.807) is 26.4 Å². The van der Waals surface area contributed by atoms with Crippen molar-refractivity contribution in [2.24, 2.45) is 0 Å². The summed E-state index contributed by atoms with van der Waals surface area (Å²) in [6, 6.07) is 9.32. The molecule has 8 nitrogen and oxygen atoms in total. The van der Waals surface area contributed by atoms with Crippen molar-refractivity contribution in [1.29, 1.82) is 0 Å². The second kappa shape index (κ2) is 10.1. The molecule has 1 fully saturated rings. The van der Waals surface area contributed by atoms with Crippen molar-refractivity contribution in [2.75, 3.05) is 54.0 Å². The number of nitrogens with one attached hydrogen (secondary N) is 1. The zero-order chi connectivity index (χ0) is 22.4. The molecule has 31 heavy (non-hydrogen) atoms. The lowest BCUT2D eigenvalue weighted by Gasteiger charge is -2.33. The van der Waals surface area contributed by atoms with Crippen molar-refractivity contribution in [2.45, 2.75) is 18.9 Å². The number of hydrogen-bond acceptors (Lipinski definition) is 7. The Hall–Kier alpha value is -3.29. The fourth-order valence-corrected chi connectivity index (χ4v) is 3.75. The molecule has 0 aromatic heterocycles. The number of ether oxygens (including phenoxy) is 5. The second-order valence-electron chi connectivity index (χ2n) is 7.19. The molecule has 1 N–H and O–H groups in total. The average molecular weight is 431 g/mol. The van der Waals surface area contributed by atoms with Gasteiger partial charge in [0.2, 0.25) is 5.75 Å². The fourth-order valence-electron chi connectivity index (χ4n) is 3.75.